The third-order valence-corrected chi connectivity index (χ3v) is 1.77. The van der Waals surface area contributed by atoms with Crippen molar-refractivity contribution in [2.45, 2.75) is 0 Å². The monoisotopic (exact) mass is 223 g/mol. The van der Waals surface area contributed by atoms with Gasteiger partial charge in [-0.25, -0.2) is 0 Å². The molecular formula is C10H10BrN. The van der Waals surface area contributed by atoms with Crippen molar-refractivity contribution >= 4 is 11.8 Å². The minimum absolute atomic E-state index is 0. The Kier molecular flexibility index (Phi) is 3.26. The molecule has 2 heteroatoms. The van der Waals surface area contributed by atoms with Gasteiger partial charge in [-0.3, -0.25) is 5.32 Å². The molecule has 0 spiro atoms. The summed E-state index contributed by atoms with van der Waals surface area (Å²) in [5, 5.41) is 2.12. The summed E-state index contributed by atoms with van der Waals surface area (Å²) in [4.78, 5) is 0. The number of hydrogen-bond acceptors (Lipinski definition) is 0. The van der Waals surface area contributed by atoms with Crippen LogP contribution in [-0.4, -0.2) is 0 Å². The molecule has 2 rings (SSSR count). The maximum Gasteiger partial charge on any atom is 0.141 e. The second-order valence-electron chi connectivity index (χ2n) is 2.54. The van der Waals surface area contributed by atoms with Crippen LogP contribution in [0.25, 0.3) is 6.08 Å². The molecular weight excluding hydrogens is 214 g/mol. The third kappa shape index (κ3) is 1.84. The molecule has 0 saturated carbocycles. The van der Waals surface area contributed by atoms with E-state index < -0.39 is 0 Å². The second-order valence-corrected chi connectivity index (χ2v) is 2.54. The molecule has 1 aliphatic rings. The summed E-state index contributed by atoms with van der Waals surface area (Å²) in [6.45, 7) is 0. The smallest absolute Gasteiger partial charge is 0.141 e. The molecule has 0 bridgehead atoms. The molecule has 0 aromatic heterocycles. The first-order valence-corrected chi connectivity index (χ1v) is 3.74. The lowest BCUT2D eigenvalue weighted by Gasteiger charge is -1.96. The first-order chi connectivity index (χ1) is 5.47. The van der Waals surface area contributed by atoms with Crippen molar-refractivity contribution in [3.05, 3.63) is 48.2 Å². The Morgan fingerprint density at radius 2 is 1.83 bits per heavy atom. The second kappa shape index (κ2) is 4.24. The molecule has 12 heavy (non-hydrogen) atoms. The molecule has 2 N–H and O–H groups in total. The third-order valence-electron chi connectivity index (χ3n) is 1.77. The molecule has 0 saturated heterocycles. The van der Waals surface area contributed by atoms with Crippen LogP contribution in [0.2, 0.25) is 0 Å². The van der Waals surface area contributed by atoms with Crippen LogP contribution in [0, 0.1) is 0 Å². The molecule has 1 nitrogen and oxygen atoms in total. The van der Waals surface area contributed by atoms with Gasteiger partial charge in [-0.2, -0.15) is 0 Å². The van der Waals surface area contributed by atoms with E-state index in [0.29, 0.717) is 0 Å². The fourth-order valence-electron chi connectivity index (χ4n) is 1.20. The number of hydrogen-bond donors (Lipinski definition) is 1. The van der Waals surface area contributed by atoms with Crippen LogP contribution in [0.4, 0.5) is 5.69 Å². The minimum Gasteiger partial charge on any atom is -1.00 e. The summed E-state index contributed by atoms with van der Waals surface area (Å²) in [6, 6.07) is 8.36. The van der Waals surface area contributed by atoms with E-state index in [1.165, 1.54) is 11.3 Å². The van der Waals surface area contributed by atoms with E-state index in [1.807, 2.05) is 6.08 Å². The van der Waals surface area contributed by atoms with Crippen molar-refractivity contribution in [3.63, 3.8) is 0 Å². The number of rotatable bonds is 0. The molecule has 0 amide bonds. The number of quaternary nitrogens is 1. The van der Waals surface area contributed by atoms with Crippen molar-refractivity contribution in [3.8, 4) is 0 Å². The predicted molar refractivity (Wildman–Crippen MR) is 46.2 cm³/mol. The van der Waals surface area contributed by atoms with Gasteiger partial charge in [0, 0.05) is 11.6 Å². The van der Waals surface area contributed by atoms with E-state index in [1.54, 1.807) is 0 Å². The predicted octanol–water partition coefficient (Wildman–Crippen LogP) is -1.57. The zero-order valence-corrected chi connectivity index (χ0v) is 8.16. The van der Waals surface area contributed by atoms with Crippen LogP contribution in [0.3, 0.4) is 0 Å². The topological polar surface area (TPSA) is 16.6 Å². The van der Waals surface area contributed by atoms with E-state index >= 15 is 0 Å². The molecule has 0 aliphatic carbocycles. The number of fused-ring (bicyclic) bond motifs is 1. The van der Waals surface area contributed by atoms with Gasteiger partial charge in [0.15, 0.2) is 0 Å². The standard InChI is InChI=1S/C10H9N.BrH/c1-2-7-10-9(5-1)6-3-4-8-11-10;/h1-8,11H;1H. The molecule has 62 valence electrons. The van der Waals surface area contributed by atoms with Crippen LogP contribution in [-0.2, 0) is 0 Å². The Hall–Kier alpha value is -0.860. The number of nitrogens with two attached hydrogens (primary N) is 1. The highest BCUT2D eigenvalue weighted by Crippen LogP contribution is 2.12. The molecule has 0 radical (unpaired) electrons. The zero-order valence-electron chi connectivity index (χ0n) is 6.57. The average molecular weight is 224 g/mol. The van der Waals surface area contributed by atoms with Crippen molar-refractivity contribution in [2.24, 2.45) is 0 Å². The molecule has 0 atom stereocenters. The molecule has 1 aliphatic heterocycles. The Balaban J connectivity index is 0.000000720. The largest absolute Gasteiger partial charge is 1.00 e. The molecule has 0 fully saturated rings. The fraction of sp³-hybridized carbons (Fsp3) is 0. The van der Waals surface area contributed by atoms with Crippen LogP contribution in [0.5, 0.6) is 0 Å². The first-order valence-electron chi connectivity index (χ1n) is 3.74. The van der Waals surface area contributed by atoms with Crippen LogP contribution in [0.1, 0.15) is 5.56 Å². The molecule has 0 unspecified atom stereocenters. The van der Waals surface area contributed by atoms with Gasteiger partial charge in [0.05, 0.1) is 6.20 Å². The quantitative estimate of drug-likeness (QED) is 0.512. The Bertz CT molecular complexity index is 315. The highest BCUT2D eigenvalue weighted by atomic mass is 79.9. The maximum absolute atomic E-state index is 2.12. The summed E-state index contributed by atoms with van der Waals surface area (Å²) < 4.78 is 0. The number of para-hydroxylation sites is 1. The van der Waals surface area contributed by atoms with Gasteiger partial charge in [0.1, 0.15) is 5.69 Å². The average Bonchev–Trinajstić information content (AvgIpc) is 2.28. The first kappa shape index (κ1) is 9.23. The summed E-state index contributed by atoms with van der Waals surface area (Å²) in [7, 11) is 0. The van der Waals surface area contributed by atoms with E-state index in [0.717, 1.165) is 0 Å². The van der Waals surface area contributed by atoms with Crippen LogP contribution in [0.15, 0.2) is 42.6 Å². The van der Waals surface area contributed by atoms with Gasteiger partial charge < -0.3 is 17.0 Å². The summed E-state index contributed by atoms with van der Waals surface area (Å²) in [5.74, 6) is 0. The van der Waals surface area contributed by atoms with E-state index in [4.69, 9.17) is 0 Å². The lowest BCUT2D eigenvalue weighted by Crippen LogP contribution is -3.00. The Labute approximate surface area is 82.6 Å². The number of allylic oxidation sites excluding steroid dienone is 2. The fourth-order valence-corrected chi connectivity index (χ4v) is 1.20. The van der Waals surface area contributed by atoms with E-state index in [9.17, 15) is 0 Å². The van der Waals surface area contributed by atoms with Gasteiger partial charge in [-0.1, -0.05) is 18.2 Å². The van der Waals surface area contributed by atoms with Gasteiger partial charge in [0.25, 0.3) is 0 Å². The van der Waals surface area contributed by atoms with Gasteiger partial charge in [-0.05, 0) is 18.2 Å². The number of halogens is 1. The highest BCUT2D eigenvalue weighted by Gasteiger charge is 2.00. The summed E-state index contributed by atoms with van der Waals surface area (Å²) >= 11 is 0. The normalized spacial score (nSPS) is 13.0. The maximum atomic E-state index is 2.12. The lowest BCUT2D eigenvalue weighted by atomic mass is 10.2. The van der Waals surface area contributed by atoms with E-state index in [-0.39, 0.29) is 17.0 Å². The highest BCUT2D eigenvalue weighted by molar-refractivity contribution is 5.61. The Morgan fingerprint density at radius 3 is 2.75 bits per heavy atom. The Morgan fingerprint density at radius 1 is 1.00 bits per heavy atom. The van der Waals surface area contributed by atoms with Crippen molar-refractivity contribution in [1.82, 2.24) is 0 Å². The summed E-state index contributed by atoms with van der Waals surface area (Å²) in [6.07, 6.45) is 8.28. The van der Waals surface area contributed by atoms with Gasteiger partial charge in [-0.15, -0.1) is 0 Å². The molecule has 1 aromatic carbocycles. The SMILES string of the molecule is C1=C[NH2+]c2ccccc2C=C1.[Br-]. The lowest BCUT2D eigenvalue weighted by molar-refractivity contribution is -0.496. The minimum atomic E-state index is 0. The van der Waals surface area contributed by atoms with Gasteiger partial charge >= 0.3 is 0 Å². The van der Waals surface area contributed by atoms with Crippen LogP contribution >= 0.6 is 0 Å². The molecule has 1 heterocycles. The molecule has 1 aromatic rings. The van der Waals surface area contributed by atoms with Crippen molar-refractivity contribution in [2.75, 3.05) is 0 Å². The van der Waals surface area contributed by atoms with Crippen molar-refractivity contribution in [1.29, 1.82) is 0 Å². The van der Waals surface area contributed by atoms with Gasteiger partial charge in [0.2, 0.25) is 0 Å². The van der Waals surface area contributed by atoms with Crippen LogP contribution < -0.4 is 22.3 Å². The summed E-state index contributed by atoms with van der Waals surface area (Å²) in [5.41, 5.74) is 2.58. The van der Waals surface area contributed by atoms with Crippen molar-refractivity contribution < 1.29 is 22.3 Å². The number of benzene rings is 1. The zero-order chi connectivity index (χ0) is 7.52. The van der Waals surface area contributed by atoms with E-state index in [2.05, 4.69) is 47.9 Å².